The topological polar surface area (TPSA) is 82.9 Å². The van der Waals surface area contributed by atoms with Crippen LogP contribution in [0.3, 0.4) is 0 Å². The molecule has 0 aliphatic heterocycles. The third-order valence-corrected chi connectivity index (χ3v) is 2.84. The molecule has 0 saturated heterocycles. The third-order valence-electron chi connectivity index (χ3n) is 2.84. The zero-order valence-electron chi connectivity index (χ0n) is 9.96. The summed E-state index contributed by atoms with van der Waals surface area (Å²) in [6, 6.07) is 10.7. The average molecular weight is 239 g/mol. The number of aliphatic hydroxyl groups is 1. The second kappa shape index (κ2) is 4.86. The van der Waals surface area contributed by atoms with Crippen molar-refractivity contribution in [3.8, 4) is 6.07 Å². The van der Waals surface area contributed by atoms with Crippen molar-refractivity contribution >= 4 is 5.82 Å². The van der Waals surface area contributed by atoms with E-state index in [2.05, 4.69) is 4.98 Å². The van der Waals surface area contributed by atoms with E-state index in [0.29, 0.717) is 22.5 Å². The van der Waals surface area contributed by atoms with E-state index in [1.165, 1.54) is 0 Å². The zero-order chi connectivity index (χ0) is 13.1. The monoisotopic (exact) mass is 239 g/mol. The van der Waals surface area contributed by atoms with Gasteiger partial charge in [-0.1, -0.05) is 12.1 Å². The highest BCUT2D eigenvalue weighted by Gasteiger charge is 2.16. The molecule has 1 atom stereocenters. The average Bonchev–Trinajstić information content (AvgIpc) is 2.38. The first kappa shape index (κ1) is 12.1. The summed E-state index contributed by atoms with van der Waals surface area (Å²) in [4.78, 5) is 3.98. The van der Waals surface area contributed by atoms with Gasteiger partial charge in [0.15, 0.2) is 0 Å². The van der Waals surface area contributed by atoms with Gasteiger partial charge < -0.3 is 10.8 Å². The van der Waals surface area contributed by atoms with Gasteiger partial charge in [0, 0.05) is 11.8 Å². The van der Waals surface area contributed by atoms with Crippen LogP contribution in [0.4, 0.5) is 5.82 Å². The number of pyridine rings is 1. The molecule has 2 aromatic rings. The van der Waals surface area contributed by atoms with Gasteiger partial charge in [-0.2, -0.15) is 5.26 Å². The number of benzene rings is 1. The lowest BCUT2D eigenvalue weighted by atomic mass is 9.97. The summed E-state index contributed by atoms with van der Waals surface area (Å²) < 4.78 is 0. The van der Waals surface area contributed by atoms with Gasteiger partial charge in [-0.15, -0.1) is 0 Å². The molecule has 0 spiro atoms. The van der Waals surface area contributed by atoms with Crippen molar-refractivity contribution in [2.45, 2.75) is 13.0 Å². The molecule has 1 unspecified atom stereocenters. The number of aromatic nitrogens is 1. The Morgan fingerprint density at radius 1 is 1.39 bits per heavy atom. The van der Waals surface area contributed by atoms with Crippen LogP contribution >= 0.6 is 0 Å². The largest absolute Gasteiger partial charge is 0.384 e. The molecule has 0 fully saturated rings. The summed E-state index contributed by atoms with van der Waals surface area (Å²) in [5.74, 6) is 0.310. The lowest BCUT2D eigenvalue weighted by Crippen LogP contribution is -2.07. The first-order valence-electron chi connectivity index (χ1n) is 5.52. The molecule has 0 bridgehead atoms. The number of rotatable bonds is 2. The van der Waals surface area contributed by atoms with Gasteiger partial charge in [0.05, 0.1) is 11.6 Å². The normalized spacial score (nSPS) is 11.8. The molecule has 1 aromatic carbocycles. The van der Waals surface area contributed by atoms with E-state index in [1.807, 2.05) is 13.0 Å². The number of anilines is 1. The molecule has 90 valence electrons. The number of nitriles is 1. The molecule has 0 saturated carbocycles. The van der Waals surface area contributed by atoms with Crippen LogP contribution in [-0.4, -0.2) is 10.1 Å². The highest BCUT2D eigenvalue weighted by atomic mass is 16.3. The van der Waals surface area contributed by atoms with Crippen molar-refractivity contribution < 1.29 is 5.11 Å². The molecule has 3 N–H and O–H groups in total. The van der Waals surface area contributed by atoms with Crippen LogP contribution in [0, 0.1) is 18.3 Å². The molecule has 0 aliphatic carbocycles. The molecule has 2 rings (SSSR count). The quantitative estimate of drug-likeness (QED) is 0.838. The summed E-state index contributed by atoms with van der Waals surface area (Å²) in [5, 5.41) is 19.2. The Morgan fingerprint density at radius 3 is 2.83 bits per heavy atom. The van der Waals surface area contributed by atoms with Crippen LogP contribution < -0.4 is 5.73 Å². The van der Waals surface area contributed by atoms with E-state index in [-0.39, 0.29) is 0 Å². The Kier molecular flexibility index (Phi) is 3.26. The summed E-state index contributed by atoms with van der Waals surface area (Å²) in [5.41, 5.74) is 8.40. The number of nitrogen functional groups attached to an aromatic ring is 1. The van der Waals surface area contributed by atoms with E-state index in [1.54, 1.807) is 36.5 Å². The van der Waals surface area contributed by atoms with E-state index >= 15 is 0 Å². The van der Waals surface area contributed by atoms with Crippen LogP contribution in [0.2, 0.25) is 0 Å². The summed E-state index contributed by atoms with van der Waals surface area (Å²) in [6.07, 6.45) is 0.735. The number of aryl methyl sites for hydroxylation is 1. The summed E-state index contributed by atoms with van der Waals surface area (Å²) >= 11 is 0. The maximum absolute atomic E-state index is 10.3. The van der Waals surface area contributed by atoms with Crippen molar-refractivity contribution in [1.29, 1.82) is 5.26 Å². The molecule has 1 heterocycles. The van der Waals surface area contributed by atoms with Crippen LogP contribution in [0.1, 0.15) is 28.4 Å². The van der Waals surface area contributed by atoms with Gasteiger partial charge in [-0.05, 0) is 36.2 Å². The lowest BCUT2D eigenvalue weighted by Gasteiger charge is -2.15. The smallest absolute Gasteiger partial charge is 0.129 e. The van der Waals surface area contributed by atoms with Gasteiger partial charge in [0.1, 0.15) is 11.9 Å². The predicted molar refractivity (Wildman–Crippen MR) is 68.6 cm³/mol. The second-order valence-electron chi connectivity index (χ2n) is 4.07. The zero-order valence-corrected chi connectivity index (χ0v) is 9.96. The molecule has 0 aliphatic rings. The molecule has 1 aromatic heterocycles. The predicted octanol–water partition coefficient (Wildman–Crippen LogP) is 1.93. The van der Waals surface area contributed by atoms with Crippen molar-refractivity contribution in [2.75, 3.05) is 5.73 Å². The standard InChI is InChI=1S/C14H13N3O/c1-9-5-6-17-14(16)12(9)13(18)11-4-2-3-10(7-11)8-15/h2-7,13,18H,1H3,(H2,16,17). The number of nitrogens with zero attached hydrogens (tertiary/aromatic N) is 2. The highest BCUT2D eigenvalue weighted by Crippen LogP contribution is 2.28. The SMILES string of the molecule is Cc1ccnc(N)c1C(O)c1cccc(C#N)c1. The van der Waals surface area contributed by atoms with E-state index in [4.69, 9.17) is 11.0 Å². The van der Waals surface area contributed by atoms with E-state index in [0.717, 1.165) is 5.56 Å². The first-order valence-corrected chi connectivity index (χ1v) is 5.52. The molecule has 18 heavy (non-hydrogen) atoms. The number of aliphatic hydroxyl groups excluding tert-OH is 1. The van der Waals surface area contributed by atoms with Crippen molar-refractivity contribution in [3.05, 3.63) is 58.8 Å². The van der Waals surface area contributed by atoms with E-state index in [9.17, 15) is 5.11 Å². The Hall–Kier alpha value is -2.38. The maximum Gasteiger partial charge on any atom is 0.129 e. The summed E-state index contributed by atoms with van der Waals surface area (Å²) in [7, 11) is 0. The van der Waals surface area contributed by atoms with Gasteiger partial charge in [-0.3, -0.25) is 0 Å². The molecular formula is C14H13N3O. The number of hydrogen-bond acceptors (Lipinski definition) is 4. The number of nitrogens with two attached hydrogens (primary N) is 1. The van der Waals surface area contributed by atoms with Gasteiger partial charge in [0.25, 0.3) is 0 Å². The molecule has 0 radical (unpaired) electrons. The van der Waals surface area contributed by atoms with Crippen molar-refractivity contribution in [1.82, 2.24) is 4.98 Å². The van der Waals surface area contributed by atoms with Crippen LogP contribution in [0.15, 0.2) is 36.5 Å². The van der Waals surface area contributed by atoms with Crippen LogP contribution in [0.25, 0.3) is 0 Å². The highest BCUT2D eigenvalue weighted by molar-refractivity contribution is 5.49. The molecule has 0 amide bonds. The van der Waals surface area contributed by atoms with E-state index < -0.39 is 6.10 Å². The minimum atomic E-state index is -0.869. The molecular weight excluding hydrogens is 226 g/mol. The fourth-order valence-electron chi connectivity index (χ4n) is 1.89. The lowest BCUT2D eigenvalue weighted by molar-refractivity contribution is 0.220. The minimum Gasteiger partial charge on any atom is -0.384 e. The minimum absolute atomic E-state index is 0.310. The van der Waals surface area contributed by atoms with Crippen LogP contribution in [0.5, 0.6) is 0 Å². The summed E-state index contributed by atoms with van der Waals surface area (Å²) in [6.45, 7) is 1.87. The molecule has 4 heteroatoms. The third kappa shape index (κ3) is 2.17. The van der Waals surface area contributed by atoms with Crippen molar-refractivity contribution in [2.24, 2.45) is 0 Å². The van der Waals surface area contributed by atoms with Crippen molar-refractivity contribution in [3.63, 3.8) is 0 Å². The van der Waals surface area contributed by atoms with Crippen LogP contribution in [-0.2, 0) is 0 Å². The molecule has 4 nitrogen and oxygen atoms in total. The fourth-order valence-corrected chi connectivity index (χ4v) is 1.89. The van der Waals surface area contributed by atoms with Gasteiger partial charge in [-0.25, -0.2) is 4.98 Å². The number of hydrogen-bond donors (Lipinski definition) is 2. The maximum atomic E-state index is 10.3. The fraction of sp³-hybridized carbons (Fsp3) is 0.143. The van der Waals surface area contributed by atoms with Gasteiger partial charge >= 0.3 is 0 Å². The second-order valence-corrected chi connectivity index (χ2v) is 4.07. The Morgan fingerprint density at radius 2 is 2.17 bits per heavy atom. The first-order chi connectivity index (χ1) is 8.63. The Bertz CT molecular complexity index is 596. The van der Waals surface area contributed by atoms with Gasteiger partial charge in [0.2, 0.25) is 0 Å². The Labute approximate surface area is 105 Å². The Balaban J connectivity index is 2.48.